The summed E-state index contributed by atoms with van der Waals surface area (Å²) in [5, 5.41) is 20.0. The van der Waals surface area contributed by atoms with Gasteiger partial charge in [-0.05, 0) is 0 Å². The summed E-state index contributed by atoms with van der Waals surface area (Å²) < 4.78 is 4.46. The van der Waals surface area contributed by atoms with Crippen LogP contribution >= 0.6 is 0 Å². The number of nitrogens with zero attached hydrogens (tertiary/aromatic N) is 2. The molecule has 0 amide bonds. The Kier molecular flexibility index (Phi) is 2.17. The molecule has 1 aromatic heterocycles. The zero-order valence-corrected chi connectivity index (χ0v) is 5.52. The summed E-state index contributed by atoms with van der Waals surface area (Å²) >= 11 is 0. The van der Waals surface area contributed by atoms with Crippen LogP contribution in [0.4, 0.5) is 0 Å². The first-order chi connectivity index (χ1) is 5.22. The highest BCUT2D eigenvalue weighted by Crippen LogP contribution is 1.97. The van der Waals surface area contributed by atoms with Gasteiger partial charge in [0.05, 0.1) is 0 Å². The van der Waals surface area contributed by atoms with Gasteiger partial charge in [-0.25, -0.2) is 0 Å². The highest BCUT2D eigenvalue weighted by molar-refractivity contribution is 5.68. The zero-order valence-electron chi connectivity index (χ0n) is 5.52. The predicted octanol–water partition coefficient (Wildman–Crippen LogP) is -0.811. The van der Waals surface area contributed by atoms with Gasteiger partial charge in [0.2, 0.25) is 5.89 Å². The molecule has 0 radical (unpaired) electrons. The van der Waals surface area contributed by atoms with E-state index in [9.17, 15) is 4.79 Å². The molecule has 0 atom stereocenters. The number of carboxylic acid groups (broad SMARTS) is 1. The lowest BCUT2D eigenvalue weighted by Crippen LogP contribution is -2.00. The molecule has 1 rings (SSSR count). The van der Waals surface area contributed by atoms with Crippen molar-refractivity contribution in [3.8, 4) is 0 Å². The van der Waals surface area contributed by atoms with Crippen molar-refractivity contribution < 1.29 is 19.5 Å². The van der Waals surface area contributed by atoms with Gasteiger partial charge >= 0.3 is 5.97 Å². The van der Waals surface area contributed by atoms with Crippen LogP contribution in [-0.4, -0.2) is 26.3 Å². The number of carbonyl (C=O) groups is 1. The molecule has 0 unspecified atom stereocenters. The Labute approximate surface area is 61.5 Å². The topological polar surface area (TPSA) is 96.5 Å². The minimum Gasteiger partial charge on any atom is -0.481 e. The fourth-order valence-corrected chi connectivity index (χ4v) is 0.556. The molecule has 0 aromatic carbocycles. The highest BCUT2D eigenvalue weighted by atomic mass is 16.5. The third-order valence-corrected chi connectivity index (χ3v) is 0.954. The lowest BCUT2D eigenvalue weighted by molar-refractivity contribution is -0.136. The highest BCUT2D eigenvalue weighted by Gasteiger charge is 2.08. The van der Waals surface area contributed by atoms with Gasteiger partial charge in [-0.2, -0.15) is 4.98 Å². The molecule has 0 saturated heterocycles. The number of aliphatic hydroxyl groups is 1. The van der Waals surface area contributed by atoms with Crippen molar-refractivity contribution in [1.29, 1.82) is 0 Å². The van der Waals surface area contributed by atoms with Crippen LogP contribution in [0.1, 0.15) is 11.7 Å². The van der Waals surface area contributed by atoms with E-state index in [0.717, 1.165) is 0 Å². The van der Waals surface area contributed by atoms with Gasteiger partial charge in [0, 0.05) is 0 Å². The normalized spacial score (nSPS) is 9.91. The molecule has 11 heavy (non-hydrogen) atoms. The lowest BCUT2D eigenvalue weighted by atomic mass is 10.4. The second kappa shape index (κ2) is 3.11. The van der Waals surface area contributed by atoms with E-state index < -0.39 is 5.97 Å². The lowest BCUT2D eigenvalue weighted by Gasteiger charge is -1.82. The summed E-state index contributed by atoms with van der Waals surface area (Å²) in [4.78, 5) is 13.6. The molecule has 2 N–H and O–H groups in total. The van der Waals surface area contributed by atoms with E-state index >= 15 is 0 Å². The molecule has 0 spiro atoms. The third kappa shape index (κ3) is 2.01. The van der Waals surface area contributed by atoms with Gasteiger partial charge in [0.25, 0.3) is 0 Å². The predicted molar refractivity (Wildman–Crippen MR) is 31.6 cm³/mol. The monoisotopic (exact) mass is 158 g/mol. The summed E-state index contributed by atoms with van der Waals surface area (Å²) in [5.74, 6) is -0.944. The minimum atomic E-state index is -1.04. The number of rotatable bonds is 3. The molecule has 6 nitrogen and oxygen atoms in total. The molecule has 0 saturated carbocycles. The minimum absolute atomic E-state index is 0.00144. The van der Waals surface area contributed by atoms with Gasteiger partial charge in [0.1, 0.15) is 13.0 Å². The summed E-state index contributed by atoms with van der Waals surface area (Å²) in [7, 11) is 0. The Balaban J connectivity index is 2.65. The second-order valence-electron chi connectivity index (χ2n) is 1.83. The average Bonchev–Trinajstić information content (AvgIpc) is 2.34. The van der Waals surface area contributed by atoms with Crippen LogP contribution in [0.3, 0.4) is 0 Å². The Morgan fingerprint density at radius 1 is 1.64 bits per heavy atom. The van der Waals surface area contributed by atoms with E-state index in [-0.39, 0.29) is 24.7 Å². The largest absolute Gasteiger partial charge is 0.481 e. The molecule has 0 aliphatic carbocycles. The molecule has 0 bridgehead atoms. The van der Waals surface area contributed by atoms with E-state index in [1.54, 1.807) is 0 Å². The number of aliphatic carboxylic acids is 1. The van der Waals surface area contributed by atoms with E-state index in [0.29, 0.717) is 0 Å². The smallest absolute Gasteiger partial charge is 0.312 e. The first-order valence-electron chi connectivity index (χ1n) is 2.86. The SMILES string of the molecule is O=C(O)Cc1nc(CO)no1. The maximum Gasteiger partial charge on any atom is 0.312 e. The van der Waals surface area contributed by atoms with Crippen molar-refractivity contribution in [1.82, 2.24) is 10.1 Å². The van der Waals surface area contributed by atoms with Crippen LogP contribution in [0.2, 0.25) is 0 Å². The maximum atomic E-state index is 10.1. The fraction of sp³-hybridized carbons (Fsp3) is 0.400. The Morgan fingerprint density at radius 3 is 2.82 bits per heavy atom. The standard InChI is InChI=1S/C5H6N2O4/c8-2-3-6-4(11-7-3)1-5(9)10/h8H,1-2H2,(H,9,10). The van der Waals surface area contributed by atoms with Crippen LogP contribution in [0.25, 0.3) is 0 Å². The summed E-state index contributed by atoms with van der Waals surface area (Å²) in [6.07, 6.45) is -0.313. The molecule has 0 fully saturated rings. The van der Waals surface area contributed by atoms with Crippen molar-refractivity contribution in [3.63, 3.8) is 0 Å². The van der Waals surface area contributed by atoms with Crippen LogP contribution in [0, 0.1) is 0 Å². The third-order valence-electron chi connectivity index (χ3n) is 0.954. The summed E-state index contributed by atoms with van der Waals surface area (Å²) in [6, 6.07) is 0. The molecule has 1 aromatic rings. The van der Waals surface area contributed by atoms with E-state index in [1.165, 1.54) is 0 Å². The second-order valence-corrected chi connectivity index (χ2v) is 1.83. The number of aliphatic hydroxyl groups excluding tert-OH is 1. The van der Waals surface area contributed by atoms with Gasteiger partial charge in [-0.15, -0.1) is 0 Å². The van der Waals surface area contributed by atoms with Gasteiger partial charge in [-0.3, -0.25) is 4.79 Å². The van der Waals surface area contributed by atoms with Gasteiger partial charge in [0.15, 0.2) is 5.82 Å². The van der Waals surface area contributed by atoms with Crippen molar-refractivity contribution in [2.75, 3.05) is 0 Å². The molecule has 0 aliphatic rings. The van der Waals surface area contributed by atoms with Crippen molar-refractivity contribution in [2.24, 2.45) is 0 Å². The van der Waals surface area contributed by atoms with Gasteiger partial charge < -0.3 is 14.7 Å². The average molecular weight is 158 g/mol. The van der Waals surface area contributed by atoms with E-state index in [1.807, 2.05) is 0 Å². The molecule has 6 heteroatoms. The molecule has 0 aliphatic heterocycles. The summed E-state index contributed by atoms with van der Waals surface area (Å²) in [5.41, 5.74) is 0. The van der Waals surface area contributed by atoms with Gasteiger partial charge in [-0.1, -0.05) is 5.16 Å². The van der Waals surface area contributed by atoms with Crippen LogP contribution in [0.15, 0.2) is 4.52 Å². The number of hydrogen-bond donors (Lipinski definition) is 2. The maximum absolute atomic E-state index is 10.1. The Hall–Kier alpha value is -1.43. The fourth-order valence-electron chi connectivity index (χ4n) is 0.556. The molecule has 60 valence electrons. The quantitative estimate of drug-likeness (QED) is 0.597. The zero-order chi connectivity index (χ0) is 8.27. The number of hydrogen-bond acceptors (Lipinski definition) is 5. The van der Waals surface area contributed by atoms with Crippen LogP contribution in [0.5, 0.6) is 0 Å². The first kappa shape index (κ1) is 7.67. The van der Waals surface area contributed by atoms with Crippen LogP contribution in [-0.2, 0) is 17.8 Å². The summed E-state index contributed by atoms with van der Waals surface area (Å²) in [6.45, 7) is -0.344. The molecular weight excluding hydrogens is 152 g/mol. The Bertz CT molecular complexity index is 257. The van der Waals surface area contributed by atoms with Crippen molar-refractivity contribution in [2.45, 2.75) is 13.0 Å². The van der Waals surface area contributed by atoms with E-state index in [2.05, 4.69) is 14.7 Å². The number of aromatic nitrogens is 2. The first-order valence-corrected chi connectivity index (χ1v) is 2.86. The van der Waals surface area contributed by atoms with Crippen molar-refractivity contribution >= 4 is 5.97 Å². The molecular formula is C5H6N2O4. The molecule has 1 heterocycles. The number of carboxylic acids is 1. The van der Waals surface area contributed by atoms with Crippen molar-refractivity contribution in [3.05, 3.63) is 11.7 Å². The van der Waals surface area contributed by atoms with E-state index in [4.69, 9.17) is 10.2 Å². The van der Waals surface area contributed by atoms with Crippen LogP contribution < -0.4 is 0 Å². The Morgan fingerprint density at radius 2 is 2.36 bits per heavy atom.